The second-order valence-electron chi connectivity index (χ2n) is 4.67. The molecule has 2 rings (SSSR count). The molecule has 0 aromatic heterocycles. The van der Waals surface area contributed by atoms with E-state index in [-0.39, 0.29) is 28.7 Å². The molecule has 0 saturated carbocycles. The van der Waals surface area contributed by atoms with Gasteiger partial charge < -0.3 is 9.47 Å². The number of hydrogen-bond donors (Lipinski definition) is 1. The molecule has 0 radical (unpaired) electrons. The van der Waals surface area contributed by atoms with Crippen LogP contribution in [0.3, 0.4) is 0 Å². The number of esters is 2. The van der Waals surface area contributed by atoms with E-state index in [0.717, 1.165) is 9.80 Å². The van der Waals surface area contributed by atoms with Crippen molar-refractivity contribution in [1.29, 1.82) is 5.41 Å². The van der Waals surface area contributed by atoms with Crippen LogP contribution in [0.1, 0.15) is 17.3 Å². The first-order valence-electron chi connectivity index (χ1n) is 6.99. The van der Waals surface area contributed by atoms with Gasteiger partial charge in [0.2, 0.25) is 0 Å². The Hall–Kier alpha value is -2.81. The number of nitrogens with one attached hydrogen (secondary N) is 1. The molecule has 0 spiro atoms. The first kappa shape index (κ1) is 17.5. The number of amides is 2. The summed E-state index contributed by atoms with van der Waals surface area (Å²) >= 11 is 5.13. The summed E-state index contributed by atoms with van der Waals surface area (Å²) < 4.78 is 9.49. The van der Waals surface area contributed by atoms with E-state index in [0.29, 0.717) is 0 Å². The molecule has 0 unspecified atom stereocenters. The number of thiocarbonyl (C=S) groups is 1. The van der Waals surface area contributed by atoms with Crippen LogP contribution >= 0.6 is 12.2 Å². The number of anilines is 1. The highest BCUT2D eigenvalue weighted by molar-refractivity contribution is 7.82. The smallest absolute Gasteiger partial charge is 0.339 e. The van der Waals surface area contributed by atoms with E-state index in [1.807, 2.05) is 0 Å². The van der Waals surface area contributed by atoms with Crippen molar-refractivity contribution >= 4 is 46.7 Å². The zero-order chi connectivity index (χ0) is 17.9. The predicted octanol–water partition coefficient (Wildman–Crippen LogP) is 1.58. The molecule has 24 heavy (non-hydrogen) atoms. The average Bonchev–Trinajstić information content (AvgIpc) is 2.78. The summed E-state index contributed by atoms with van der Waals surface area (Å²) in [6, 6.07) is 5.53. The molecule has 0 aliphatic carbocycles. The van der Waals surface area contributed by atoms with Crippen molar-refractivity contribution in [2.45, 2.75) is 6.92 Å². The highest BCUT2D eigenvalue weighted by Crippen LogP contribution is 2.27. The van der Waals surface area contributed by atoms with Gasteiger partial charge in [0.05, 0.1) is 25.0 Å². The van der Waals surface area contributed by atoms with E-state index >= 15 is 0 Å². The third-order valence-electron chi connectivity index (χ3n) is 3.24. The molecule has 1 aromatic rings. The number of ether oxygens (including phenoxy) is 2. The summed E-state index contributed by atoms with van der Waals surface area (Å²) in [5.74, 6) is -1.60. The van der Waals surface area contributed by atoms with Crippen LogP contribution in [-0.4, -0.2) is 54.0 Å². The quantitative estimate of drug-likeness (QED) is 0.640. The van der Waals surface area contributed by atoms with Crippen LogP contribution in [0.2, 0.25) is 0 Å². The van der Waals surface area contributed by atoms with Crippen molar-refractivity contribution in [3.05, 3.63) is 29.8 Å². The SMILES string of the molecule is CCOC(=O)CN1C(=N)C(=S)N(c2ccccc2C(=O)OC)C1=O. The summed E-state index contributed by atoms with van der Waals surface area (Å²) in [7, 11) is 1.22. The normalized spacial score (nSPS) is 14.2. The van der Waals surface area contributed by atoms with Crippen LogP contribution in [0.25, 0.3) is 0 Å². The van der Waals surface area contributed by atoms with Gasteiger partial charge in [-0.2, -0.15) is 0 Å². The summed E-state index contributed by atoms with van der Waals surface area (Å²) in [4.78, 5) is 37.9. The summed E-state index contributed by atoms with van der Waals surface area (Å²) in [5, 5.41) is 7.97. The van der Waals surface area contributed by atoms with Gasteiger partial charge in [-0.1, -0.05) is 24.4 Å². The summed E-state index contributed by atoms with van der Waals surface area (Å²) in [5.41, 5.74) is 0.317. The third-order valence-corrected chi connectivity index (χ3v) is 3.62. The molecule has 0 atom stereocenters. The Morgan fingerprint density at radius 2 is 1.96 bits per heavy atom. The third kappa shape index (κ3) is 3.11. The number of rotatable bonds is 5. The molecule has 9 heteroatoms. The van der Waals surface area contributed by atoms with Crippen LogP contribution in [0.15, 0.2) is 24.3 Å². The number of carbonyl (C=O) groups excluding carboxylic acids is 3. The van der Waals surface area contributed by atoms with Crippen LogP contribution in [0.5, 0.6) is 0 Å². The lowest BCUT2D eigenvalue weighted by atomic mass is 10.1. The average molecular weight is 349 g/mol. The maximum atomic E-state index is 12.6. The maximum absolute atomic E-state index is 12.6. The van der Waals surface area contributed by atoms with Gasteiger partial charge in [-0.15, -0.1) is 0 Å². The minimum atomic E-state index is -0.700. The fraction of sp³-hybridized carbons (Fsp3) is 0.267. The molecule has 126 valence electrons. The van der Waals surface area contributed by atoms with E-state index < -0.39 is 24.5 Å². The lowest BCUT2D eigenvalue weighted by Crippen LogP contribution is -2.37. The molecule has 1 aliphatic rings. The Balaban J connectivity index is 2.37. The zero-order valence-electron chi connectivity index (χ0n) is 13.1. The van der Waals surface area contributed by atoms with Gasteiger partial charge in [0.15, 0.2) is 10.8 Å². The largest absolute Gasteiger partial charge is 0.465 e. The lowest BCUT2D eigenvalue weighted by molar-refractivity contribution is -0.142. The number of urea groups is 1. The molecule has 1 aliphatic heterocycles. The molecule has 2 amide bonds. The van der Waals surface area contributed by atoms with Crippen molar-refractivity contribution in [2.24, 2.45) is 0 Å². The van der Waals surface area contributed by atoms with E-state index in [4.69, 9.17) is 27.1 Å². The summed E-state index contributed by atoms with van der Waals surface area (Å²) in [6.45, 7) is 1.37. The number of amidine groups is 1. The number of methoxy groups -OCH3 is 1. The number of hydrogen-bond acceptors (Lipinski definition) is 7. The number of para-hydroxylation sites is 1. The van der Waals surface area contributed by atoms with E-state index in [2.05, 4.69) is 0 Å². The molecular formula is C15H15N3O5S. The molecule has 1 saturated heterocycles. The fourth-order valence-electron chi connectivity index (χ4n) is 2.17. The Labute approximate surface area is 143 Å². The van der Waals surface area contributed by atoms with Crippen LogP contribution < -0.4 is 4.90 Å². The zero-order valence-corrected chi connectivity index (χ0v) is 13.9. The topological polar surface area (TPSA) is 100 Å². The van der Waals surface area contributed by atoms with Crippen LogP contribution in [0.4, 0.5) is 10.5 Å². The molecule has 1 N–H and O–H groups in total. The molecular weight excluding hydrogens is 334 g/mol. The number of nitrogens with zero attached hydrogens (tertiary/aromatic N) is 2. The maximum Gasteiger partial charge on any atom is 0.339 e. The van der Waals surface area contributed by atoms with Gasteiger partial charge in [0.1, 0.15) is 6.54 Å². The van der Waals surface area contributed by atoms with Gasteiger partial charge in [-0.05, 0) is 19.1 Å². The summed E-state index contributed by atoms with van der Waals surface area (Å²) in [6.07, 6.45) is 0. The molecule has 1 fully saturated rings. The molecule has 8 nitrogen and oxygen atoms in total. The lowest BCUT2D eigenvalue weighted by Gasteiger charge is -2.18. The van der Waals surface area contributed by atoms with Crippen LogP contribution in [-0.2, 0) is 14.3 Å². The van der Waals surface area contributed by atoms with Gasteiger partial charge in [-0.25, -0.2) is 14.5 Å². The van der Waals surface area contributed by atoms with Crippen molar-refractivity contribution in [1.82, 2.24) is 4.90 Å². The van der Waals surface area contributed by atoms with Gasteiger partial charge in [0, 0.05) is 0 Å². The first-order chi connectivity index (χ1) is 11.4. The predicted molar refractivity (Wildman–Crippen MR) is 89.3 cm³/mol. The second-order valence-corrected chi connectivity index (χ2v) is 5.06. The van der Waals surface area contributed by atoms with Crippen molar-refractivity contribution in [3.8, 4) is 0 Å². The fourth-order valence-corrected chi connectivity index (χ4v) is 2.46. The molecule has 1 aromatic carbocycles. The van der Waals surface area contributed by atoms with Crippen molar-refractivity contribution in [3.63, 3.8) is 0 Å². The Morgan fingerprint density at radius 1 is 1.29 bits per heavy atom. The number of carbonyl (C=O) groups is 3. The molecule has 0 bridgehead atoms. The highest BCUT2D eigenvalue weighted by Gasteiger charge is 2.42. The highest BCUT2D eigenvalue weighted by atomic mass is 32.1. The number of benzene rings is 1. The standard InChI is InChI=1S/C15H15N3O5S/c1-3-23-11(19)8-17-12(16)13(24)18(15(17)21)10-7-5-4-6-9(10)14(20)22-2/h4-7,16H,3,8H2,1-2H3. The molecule has 1 heterocycles. The van der Waals surface area contributed by atoms with Gasteiger partial charge >= 0.3 is 18.0 Å². The van der Waals surface area contributed by atoms with Gasteiger partial charge in [-0.3, -0.25) is 15.1 Å². The van der Waals surface area contributed by atoms with Crippen molar-refractivity contribution in [2.75, 3.05) is 25.2 Å². The van der Waals surface area contributed by atoms with Crippen molar-refractivity contribution < 1.29 is 23.9 Å². The first-order valence-corrected chi connectivity index (χ1v) is 7.40. The van der Waals surface area contributed by atoms with Gasteiger partial charge in [0.25, 0.3) is 0 Å². The van der Waals surface area contributed by atoms with E-state index in [1.165, 1.54) is 19.2 Å². The second kappa shape index (κ2) is 7.18. The Kier molecular flexibility index (Phi) is 5.24. The Bertz CT molecular complexity index is 734. The van der Waals surface area contributed by atoms with E-state index in [9.17, 15) is 14.4 Å². The Morgan fingerprint density at radius 3 is 2.58 bits per heavy atom. The van der Waals surface area contributed by atoms with E-state index in [1.54, 1.807) is 19.1 Å². The monoisotopic (exact) mass is 349 g/mol. The minimum Gasteiger partial charge on any atom is -0.465 e. The van der Waals surface area contributed by atoms with Crippen LogP contribution in [0, 0.1) is 5.41 Å². The minimum absolute atomic E-state index is 0.111.